The number of aliphatic carboxylic acids is 1. The molecule has 3 rings (SSSR count). The largest absolute Gasteiger partial charge is 0.478 e. The summed E-state index contributed by atoms with van der Waals surface area (Å²) in [5.74, 6) is -0.431. The van der Waals surface area contributed by atoms with Crippen molar-refractivity contribution in [3.8, 4) is 5.75 Å². The van der Waals surface area contributed by atoms with Gasteiger partial charge in [-0.2, -0.15) is 0 Å². The summed E-state index contributed by atoms with van der Waals surface area (Å²) in [4.78, 5) is 26.9. The van der Waals surface area contributed by atoms with Gasteiger partial charge in [0.25, 0.3) is 0 Å². The van der Waals surface area contributed by atoms with Crippen LogP contribution in [0.2, 0.25) is 0 Å². The average molecular weight is 439 g/mol. The molecule has 1 saturated heterocycles. The summed E-state index contributed by atoms with van der Waals surface area (Å²) in [5, 5.41) is 19.5. The Morgan fingerprint density at radius 2 is 1.62 bits per heavy atom. The number of nitrogens with zero attached hydrogens (tertiary/aromatic N) is 2. The lowest BCUT2D eigenvalue weighted by Crippen LogP contribution is -2.55. The summed E-state index contributed by atoms with van der Waals surface area (Å²) in [6.45, 7) is 7.87. The molecule has 0 spiro atoms. The van der Waals surface area contributed by atoms with E-state index < -0.39 is 18.3 Å². The maximum Gasteiger partial charge on any atom is 0.328 e. The lowest BCUT2D eigenvalue weighted by Gasteiger charge is -2.41. The van der Waals surface area contributed by atoms with E-state index in [4.69, 9.17) is 9.84 Å². The Balaban J connectivity index is 1.71. The SMILES string of the molecule is CC(=O)c1ccc(N2CCN(C(Oc3ccccc3C(C)=CC(=O)O)C(C)O)CC2)cc1. The van der Waals surface area contributed by atoms with Gasteiger partial charge in [0.1, 0.15) is 11.9 Å². The number of piperazine rings is 1. The lowest BCUT2D eigenvalue weighted by atomic mass is 10.1. The fourth-order valence-electron chi connectivity index (χ4n) is 3.91. The van der Waals surface area contributed by atoms with E-state index in [1.165, 1.54) is 0 Å². The van der Waals surface area contributed by atoms with E-state index in [9.17, 15) is 14.7 Å². The third-order valence-corrected chi connectivity index (χ3v) is 5.63. The first-order valence-electron chi connectivity index (χ1n) is 10.7. The smallest absolute Gasteiger partial charge is 0.328 e. The lowest BCUT2D eigenvalue weighted by molar-refractivity contribution is -0.131. The Labute approximate surface area is 188 Å². The van der Waals surface area contributed by atoms with E-state index in [1.54, 1.807) is 26.8 Å². The highest BCUT2D eigenvalue weighted by Gasteiger charge is 2.29. The number of carbonyl (C=O) groups is 2. The summed E-state index contributed by atoms with van der Waals surface area (Å²) in [5.41, 5.74) is 3.02. The summed E-state index contributed by atoms with van der Waals surface area (Å²) in [7, 11) is 0. The predicted molar refractivity (Wildman–Crippen MR) is 124 cm³/mol. The van der Waals surface area contributed by atoms with Crippen molar-refractivity contribution < 1.29 is 24.5 Å². The first-order valence-corrected chi connectivity index (χ1v) is 10.7. The third kappa shape index (κ3) is 5.75. The molecule has 1 heterocycles. The van der Waals surface area contributed by atoms with Crippen LogP contribution < -0.4 is 9.64 Å². The molecule has 170 valence electrons. The van der Waals surface area contributed by atoms with Crippen LogP contribution in [0.4, 0.5) is 5.69 Å². The van der Waals surface area contributed by atoms with Crippen LogP contribution in [0.5, 0.6) is 5.75 Å². The monoisotopic (exact) mass is 438 g/mol. The molecule has 32 heavy (non-hydrogen) atoms. The molecule has 1 fully saturated rings. The number of ketones is 1. The van der Waals surface area contributed by atoms with Crippen molar-refractivity contribution in [2.75, 3.05) is 31.1 Å². The molecule has 1 aliphatic rings. The Morgan fingerprint density at radius 1 is 1.00 bits per heavy atom. The van der Waals surface area contributed by atoms with Gasteiger partial charge in [0.2, 0.25) is 0 Å². The number of anilines is 1. The van der Waals surface area contributed by atoms with E-state index in [0.717, 1.165) is 24.9 Å². The van der Waals surface area contributed by atoms with Gasteiger partial charge in [0.05, 0.1) is 0 Å². The zero-order chi connectivity index (χ0) is 23.3. The van der Waals surface area contributed by atoms with E-state index >= 15 is 0 Å². The van der Waals surface area contributed by atoms with Gasteiger partial charge in [-0.05, 0) is 56.7 Å². The molecule has 0 bridgehead atoms. The van der Waals surface area contributed by atoms with Crippen LogP contribution >= 0.6 is 0 Å². The Morgan fingerprint density at radius 3 is 2.19 bits per heavy atom. The molecule has 2 N–H and O–H groups in total. The molecule has 2 aromatic rings. The van der Waals surface area contributed by atoms with Crippen molar-refractivity contribution in [1.82, 2.24) is 4.90 Å². The highest BCUT2D eigenvalue weighted by Crippen LogP contribution is 2.28. The van der Waals surface area contributed by atoms with Gasteiger partial charge in [0.15, 0.2) is 12.0 Å². The number of hydrogen-bond donors (Lipinski definition) is 2. The number of hydrogen-bond acceptors (Lipinski definition) is 6. The molecule has 0 radical (unpaired) electrons. The molecule has 2 unspecified atom stereocenters. The molecule has 0 saturated carbocycles. The number of aliphatic hydroxyl groups is 1. The second kappa shape index (κ2) is 10.4. The molecular weight excluding hydrogens is 408 g/mol. The maximum absolute atomic E-state index is 11.5. The van der Waals surface area contributed by atoms with Crippen molar-refractivity contribution >= 4 is 23.0 Å². The fraction of sp³-hybridized carbons (Fsp3) is 0.360. The minimum absolute atomic E-state index is 0.0482. The molecule has 2 aromatic carbocycles. The van der Waals surface area contributed by atoms with Crippen molar-refractivity contribution in [2.24, 2.45) is 0 Å². The Hall–Kier alpha value is -3.16. The van der Waals surface area contributed by atoms with Crippen LogP contribution in [0.1, 0.15) is 36.7 Å². The number of rotatable bonds is 8. The molecule has 2 atom stereocenters. The highest BCUT2D eigenvalue weighted by molar-refractivity contribution is 5.94. The fourth-order valence-corrected chi connectivity index (χ4v) is 3.91. The zero-order valence-electron chi connectivity index (χ0n) is 18.7. The number of ether oxygens (including phenoxy) is 1. The van der Waals surface area contributed by atoms with Crippen LogP contribution in [-0.4, -0.2) is 65.4 Å². The van der Waals surface area contributed by atoms with Gasteiger partial charge in [-0.3, -0.25) is 9.69 Å². The van der Waals surface area contributed by atoms with Crippen LogP contribution in [0, 0.1) is 0 Å². The van der Waals surface area contributed by atoms with Crippen molar-refractivity contribution in [3.05, 3.63) is 65.7 Å². The summed E-state index contributed by atoms with van der Waals surface area (Å²) >= 11 is 0. The number of carboxylic acids is 1. The van der Waals surface area contributed by atoms with Crippen molar-refractivity contribution in [3.63, 3.8) is 0 Å². The number of carboxylic acid groups (broad SMARTS) is 1. The van der Waals surface area contributed by atoms with Crippen LogP contribution in [0.3, 0.4) is 0 Å². The van der Waals surface area contributed by atoms with Crippen LogP contribution in [0.15, 0.2) is 54.6 Å². The van der Waals surface area contributed by atoms with Gasteiger partial charge in [-0.15, -0.1) is 0 Å². The van der Waals surface area contributed by atoms with Gasteiger partial charge >= 0.3 is 5.97 Å². The summed E-state index contributed by atoms with van der Waals surface area (Å²) < 4.78 is 6.22. The number of benzene rings is 2. The first-order chi connectivity index (χ1) is 15.3. The van der Waals surface area contributed by atoms with E-state index in [1.807, 2.05) is 42.5 Å². The zero-order valence-corrected chi connectivity index (χ0v) is 18.7. The molecule has 7 nitrogen and oxygen atoms in total. The molecule has 0 aromatic heterocycles. The molecule has 7 heteroatoms. The Kier molecular flexibility index (Phi) is 7.66. The van der Waals surface area contributed by atoms with Crippen LogP contribution in [0.25, 0.3) is 5.57 Å². The normalized spacial score (nSPS) is 17.0. The maximum atomic E-state index is 11.5. The van der Waals surface area contributed by atoms with E-state index in [-0.39, 0.29) is 5.78 Å². The molecule has 0 aliphatic carbocycles. The minimum Gasteiger partial charge on any atom is -0.478 e. The van der Waals surface area contributed by atoms with Gasteiger partial charge in [-0.25, -0.2) is 4.79 Å². The van der Waals surface area contributed by atoms with E-state index in [2.05, 4.69) is 9.80 Å². The summed E-state index contributed by atoms with van der Waals surface area (Å²) in [6.07, 6.45) is -0.153. The molecule has 0 amide bonds. The number of allylic oxidation sites excluding steroid dienone is 1. The Bertz CT molecular complexity index is 976. The van der Waals surface area contributed by atoms with Crippen molar-refractivity contribution in [1.29, 1.82) is 0 Å². The number of para-hydroxylation sites is 1. The molecular formula is C25H30N2O5. The van der Waals surface area contributed by atoms with Crippen molar-refractivity contribution in [2.45, 2.75) is 33.1 Å². The molecule has 1 aliphatic heterocycles. The van der Waals surface area contributed by atoms with Crippen LogP contribution in [-0.2, 0) is 4.79 Å². The van der Waals surface area contributed by atoms with Gasteiger partial charge < -0.3 is 19.8 Å². The number of carbonyl (C=O) groups excluding carboxylic acids is 1. The second-order valence-corrected chi connectivity index (χ2v) is 8.04. The second-order valence-electron chi connectivity index (χ2n) is 8.04. The van der Waals surface area contributed by atoms with Gasteiger partial charge in [-0.1, -0.05) is 18.2 Å². The highest BCUT2D eigenvalue weighted by atomic mass is 16.5. The topological polar surface area (TPSA) is 90.3 Å². The first kappa shape index (κ1) is 23.5. The number of aliphatic hydroxyl groups excluding tert-OH is 1. The summed E-state index contributed by atoms with van der Waals surface area (Å²) in [6, 6.07) is 14.9. The van der Waals surface area contributed by atoms with E-state index in [0.29, 0.717) is 35.5 Å². The third-order valence-electron chi connectivity index (χ3n) is 5.63. The standard InChI is InChI=1S/C25H30N2O5/c1-17(16-24(30)31)22-6-4-5-7-23(22)32-25(19(3)29)27-14-12-26(13-15-27)21-10-8-20(9-11-21)18(2)28/h4-11,16,19,25,29H,12-15H2,1-3H3,(H,30,31). The number of Topliss-reactive ketones (excluding diaryl/α,β-unsaturated/α-hetero) is 1. The average Bonchev–Trinajstić information content (AvgIpc) is 2.77. The predicted octanol–water partition coefficient (Wildman–Crippen LogP) is 3.29. The van der Waals surface area contributed by atoms with Gasteiger partial charge in [0, 0.05) is 49.1 Å². The quantitative estimate of drug-likeness (QED) is 0.483. The minimum atomic E-state index is -1.02.